The number of pyridine rings is 1. The Morgan fingerprint density at radius 2 is 1.39 bits per heavy atom. The molecule has 7 heteroatoms. The summed E-state index contributed by atoms with van der Waals surface area (Å²) < 4.78 is 1.96. The first-order valence-electron chi connectivity index (χ1n) is 17.8. The van der Waals surface area contributed by atoms with Gasteiger partial charge in [0.15, 0.2) is 23.3 Å². The first-order chi connectivity index (χ1) is 26.4. The number of hydrogen-bond donors (Lipinski definition) is 1. The Balaban J connectivity index is 1.26. The third-order valence-electron chi connectivity index (χ3n) is 11.5. The summed E-state index contributed by atoms with van der Waals surface area (Å²) >= 11 is 0. The van der Waals surface area contributed by atoms with E-state index in [0.717, 1.165) is 71.4 Å². The first kappa shape index (κ1) is 30.4. The molecular weight excluding hydrogens is 671 g/mol. The maximum Gasteiger partial charge on any atom is 0.196 e. The van der Waals surface area contributed by atoms with Crippen LogP contribution in [0.5, 0.6) is 0 Å². The molecule has 7 aromatic carbocycles. The topological polar surface area (TPSA) is 101 Å². The number of aldehydes is 1. The van der Waals surface area contributed by atoms with Crippen molar-refractivity contribution in [1.82, 2.24) is 14.6 Å². The number of hydrogen-bond acceptors (Lipinski definition) is 5. The van der Waals surface area contributed by atoms with Gasteiger partial charge in [-0.3, -0.25) is 19.2 Å². The van der Waals surface area contributed by atoms with E-state index in [-0.39, 0.29) is 17.0 Å². The van der Waals surface area contributed by atoms with E-state index in [9.17, 15) is 19.2 Å². The molecule has 0 radical (unpaired) electrons. The molecule has 1 aliphatic carbocycles. The van der Waals surface area contributed by atoms with Crippen LogP contribution in [0.3, 0.4) is 0 Å². The van der Waals surface area contributed by atoms with Gasteiger partial charge in [-0.1, -0.05) is 85.5 Å². The highest BCUT2D eigenvalue weighted by Gasteiger charge is 2.32. The standard InChI is InChI=1S/C47H27N3O4/c1-4-8-24(23(5-2)21-51)43-36-22(3)11-12-28-27-13-15-32-37-25(18-20-35(39(27)37)50(49-43)44(28)36)26-17-19-34-38(40(26)47(32)54)31-14-16-33-41(42(31)48-34)46(53)30-10-7-6-9-29(30)45(33)52/h4-21,48H,2H2,1,3H3/b8-4-,24-23-. The van der Waals surface area contributed by atoms with Crippen molar-refractivity contribution in [3.8, 4) is 0 Å². The monoisotopic (exact) mass is 697 g/mol. The molecule has 10 aromatic rings. The van der Waals surface area contributed by atoms with Crippen LogP contribution in [0.1, 0.15) is 50.0 Å². The van der Waals surface area contributed by atoms with Crippen LogP contribution < -0.4 is 5.43 Å². The number of nitrogens with one attached hydrogen (secondary N) is 1. The maximum absolute atomic E-state index is 14.9. The van der Waals surface area contributed by atoms with Gasteiger partial charge in [0, 0.05) is 76.4 Å². The molecule has 54 heavy (non-hydrogen) atoms. The Morgan fingerprint density at radius 1 is 0.704 bits per heavy atom. The highest BCUT2D eigenvalue weighted by molar-refractivity contribution is 6.38. The lowest BCUT2D eigenvalue weighted by Crippen LogP contribution is -2.21. The van der Waals surface area contributed by atoms with Crippen molar-refractivity contribution in [3.63, 3.8) is 0 Å². The van der Waals surface area contributed by atoms with Crippen molar-refractivity contribution < 1.29 is 14.4 Å². The second kappa shape index (κ2) is 10.4. The van der Waals surface area contributed by atoms with Crippen LogP contribution in [0.4, 0.5) is 0 Å². The molecule has 1 aliphatic rings. The van der Waals surface area contributed by atoms with Crippen molar-refractivity contribution in [2.24, 2.45) is 0 Å². The van der Waals surface area contributed by atoms with E-state index in [0.29, 0.717) is 60.9 Å². The summed E-state index contributed by atoms with van der Waals surface area (Å²) in [5, 5.41) is 14.3. The summed E-state index contributed by atoms with van der Waals surface area (Å²) in [7, 11) is 0. The SMILES string of the molecule is C=C/C(C=O)=C(\C=C/C)c1nn2c3ccc4c5ccc6[nH]c7c8c(ccc7c6c5c(=O)c5ccc(c6ccc(C)c1c62)c3c54)C(=O)c1ccccc1C8=O. The van der Waals surface area contributed by atoms with E-state index in [4.69, 9.17) is 5.10 Å². The second-order valence-electron chi connectivity index (χ2n) is 14.1. The fourth-order valence-electron chi connectivity index (χ4n) is 9.22. The molecule has 3 heterocycles. The van der Waals surface area contributed by atoms with E-state index in [1.165, 1.54) is 0 Å². The maximum atomic E-state index is 14.9. The van der Waals surface area contributed by atoms with Crippen molar-refractivity contribution in [3.05, 3.63) is 159 Å². The second-order valence-corrected chi connectivity index (χ2v) is 14.1. The van der Waals surface area contributed by atoms with Gasteiger partial charge in [-0.2, -0.15) is 5.10 Å². The molecule has 0 spiro atoms. The van der Waals surface area contributed by atoms with Gasteiger partial charge in [0.05, 0.1) is 22.1 Å². The Labute approximate surface area is 305 Å². The van der Waals surface area contributed by atoms with Gasteiger partial charge in [0.25, 0.3) is 0 Å². The summed E-state index contributed by atoms with van der Waals surface area (Å²) in [6.45, 7) is 7.85. The Kier molecular flexibility index (Phi) is 5.87. The largest absolute Gasteiger partial charge is 0.354 e. The van der Waals surface area contributed by atoms with Gasteiger partial charge in [0.2, 0.25) is 0 Å². The summed E-state index contributed by atoms with van der Waals surface area (Å²) in [5.41, 5.74) is 7.29. The van der Waals surface area contributed by atoms with Crippen LogP contribution in [-0.2, 0) is 4.79 Å². The van der Waals surface area contributed by atoms with Gasteiger partial charge in [0.1, 0.15) is 5.69 Å². The molecule has 0 bridgehead atoms. The number of carbonyl (C=O) groups excluding carboxylic acids is 3. The average Bonchev–Trinajstić information content (AvgIpc) is 3.79. The number of fused-ring (bicyclic) bond motifs is 11. The van der Waals surface area contributed by atoms with E-state index in [1.54, 1.807) is 36.4 Å². The molecule has 0 amide bonds. The molecule has 0 saturated carbocycles. The number of nitrogens with zero attached hydrogens (tertiary/aromatic N) is 2. The summed E-state index contributed by atoms with van der Waals surface area (Å²) in [6.07, 6.45) is 6.16. The Morgan fingerprint density at radius 3 is 2.17 bits per heavy atom. The van der Waals surface area contributed by atoms with Gasteiger partial charge >= 0.3 is 0 Å². The minimum atomic E-state index is -0.214. The third kappa shape index (κ3) is 3.53. The molecule has 1 N–H and O–H groups in total. The lowest BCUT2D eigenvalue weighted by atomic mass is 9.83. The van der Waals surface area contributed by atoms with Crippen LogP contribution in [0.15, 0.2) is 120 Å². The van der Waals surface area contributed by atoms with E-state index >= 15 is 0 Å². The summed E-state index contributed by atoms with van der Waals surface area (Å²) in [5.74, 6) is -0.404. The smallest absolute Gasteiger partial charge is 0.196 e. The molecule has 3 aromatic heterocycles. The van der Waals surface area contributed by atoms with Crippen LogP contribution >= 0.6 is 0 Å². The number of carbonyl (C=O) groups is 3. The number of allylic oxidation sites excluding steroid dienone is 5. The van der Waals surface area contributed by atoms with Crippen molar-refractivity contribution in [2.75, 3.05) is 0 Å². The predicted octanol–water partition coefficient (Wildman–Crippen LogP) is 9.77. The van der Waals surface area contributed by atoms with Gasteiger partial charge in [-0.15, -0.1) is 0 Å². The molecule has 254 valence electrons. The number of aromatic amines is 1. The normalized spacial score (nSPS) is 13.9. The quantitative estimate of drug-likeness (QED) is 0.0649. The van der Waals surface area contributed by atoms with Crippen LogP contribution in [0, 0.1) is 6.92 Å². The zero-order valence-corrected chi connectivity index (χ0v) is 29.1. The molecule has 0 fully saturated rings. The minimum Gasteiger partial charge on any atom is -0.354 e. The number of aryl methyl sites for hydroxylation is 1. The lowest BCUT2D eigenvalue weighted by molar-refractivity contribution is -0.104. The van der Waals surface area contributed by atoms with Crippen molar-refractivity contribution in [1.29, 1.82) is 0 Å². The fraction of sp³-hybridized carbons (Fsp3) is 0.0426. The Hall–Kier alpha value is -7.25. The molecule has 0 unspecified atom stereocenters. The van der Waals surface area contributed by atoms with Crippen molar-refractivity contribution >= 4 is 105 Å². The number of H-pyrrole nitrogens is 1. The van der Waals surface area contributed by atoms with E-state index in [1.807, 2.05) is 53.9 Å². The Bertz CT molecular complexity index is 3550. The average molecular weight is 698 g/mol. The van der Waals surface area contributed by atoms with Crippen LogP contribution in [-0.4, -0.2) is 32.5 Å². The van der Waals surface area contributed by atoms with Crippen LogP contribution in [0.2, 0.25) is 0 Å². The summed E-state index contributed by atoms with van der Waals surface area (Å²) in [6, 6.07) is 26.7. The third-order valence-corrected chi connectivity index (χ3v) is 11.5. The van der Waals surface area contributed by atoms with Crippen molar-refractivity contribution in [2.45, 2.75) is 13.8 Å². The number of aromatic nitrogens is 3. The van der Waals surface area contributed by atoms with Crippen LogP contribution in [0.25, 0.3) is 86.9 Å². The highest BCUT2D eigenvalue weighted by atomic mass is 16.1. The zero-order valence-electron chi connectivity index (χ0n) is 29.1. The molecule has 7 nitrogen and oxygen atoms in total. The lowest BCUT2D eigenvalue weighted by Gasteiger charge is -2.17. The van der Waals surface area contributed by atoms with E-state index < -0.39 is 0 Å². The fourth-order valence-corrected chi connectivity index (χ4v) is 9.22. The summed E-state index contributed by atoms with van der Waals surface area (Å²) in [4.78, 5) is 58.0. The number of ketones is 2. The molecule has 11 rings (SSSR count). The molecule has 0 saturated heterocycles. The molecule has 0 atom stereocenters. The predicted molar refractivity (Wildman–Crippen MR) is 217 cm³/mol. The number of benzene rings is 7. The first-order valence-corrected chi connectivity index (χ1v) is 17.8. The number of rotatable bonds is 4. The molecule has 0 aliphatic heterocycles. The highest BCUT2D eigenvalue weighted by Crippen LogP contribution is 2.45. The van der Waals surface area contributed by atoms with Gasteiger partial charge in [-0.05, 0) is 59.8 Å². The molecular formula is C47H27N3O4. The minimum absolute atomic E-state index is 0.112. The van der Waals surface area contributed by atoms with E-state index in [2.05, 4.69) is 42.8 Å². The van der Waals surface area contributed by atoms with Gasteiger partial charge < -0.3 is 4.98 Å². The van der Waals surface area contributed by atoms with Gasteiger partial charge in [-0.25, -0.2) is 4.52 Å². The zero-order chi connectivity index (χ0) is 36.7.